The van der Waals surface area contributed by atoms with Crippen LogP contribution in [0.3, 0.4) is 0 Å². The Hall–Kier alpha value is -2.39. The summed E-state index contributed by atoms with van der Waals surface area (Å²) in [5, 5.41) is 7.77. The van der Waals surface area contributed by atoms with Gasteiger partial charge in [0.05, 0.1) is 24.4 Å². The van der Waals surface area contributed by atoms with Gasteiger partial charge < -0.3 is 11.1 Å². The molecule has 9 heteroatoms. The summed E-state index contributed by atoms with van der Waals surface area (Å²) in [6.45, 7) is 3.30. The molecule has 1 unspecified atom stereocenters. The number of anilines is 2. The molecule has 1 aromatic carbocycles. The maximum Gasteiger partial charge on any atom is 0.256 e. The highest BCUT2D eigenvalue weighted by molar-refractivity contribution is 7.88. The number of nitrogen functional groups attached to an aromatic ring is 1. The summed E-state index contributed by atoms with van der Waals surface area (Å²) < 4.78 is 26.4. The van der Waals surface area contributed by atoms with E-state index in [0.29, 0.717) is 37.4 Å². The first kappa shape index (κ1) is 18.9. The van der Waals surface area contributed by atoms with Crippen molar-refractivity contribution < 1.29 is 13.2 Å². The summed E-state index contributed by atoms with van der Waals surface area (Å²) in [5.74, 6) is -0.147. The fourth-order valence-electron chi connectivity index (χ4n) is 4.04. The fraction of sp³-hybridized carbons (Fsp3) is 0.474. The lowest BCUT2D eigenvalue weighted by molar-refractivity contribution is 0.0859. The number of nitrogens with two attached hydrogens (primary N) is 1. The number of nitrogens with one attached hydrogen (secondary N) is 1. The van der Waals surface area contributed by atoms with Gasteiger partial charge >= 0.3 is 0 Å². The van der Waals surface area contributed by atoms with Gasteiger partial charge in [-0.1, -0.05) is 19.1 Å². The van der Waals surface area contributed by atoms with Crippen molar-refractivity contribution in [3.8, 4) is 0 Å². The van der Waals surface area contributed by atoms with Gasteiger partial charge in [0.1, 0.15) is 5.82 Å². The van der Waals surface area contributed by atoms with Crippen molar-refractivity contribution in [1.82, 2.24) is 14.1 Å². The Morgan fingerprint density at radius 1 is 1.39 bits per heavy atom. The van der Waals surface area contributed by atoms with Crippen LogP contribution in [0.1, 0.15) is 46.4 Å². The second-order valence-electron chi connectivity index (χ2n) is 7.45. The van der Waals surface area contributed by atoms with Gasteiger partial charge in [-0.2, -0.15) is 14.1 Å². The number of hydrogen-bond acceptors (Lipinski definition) is 6. The average Bonchev–Trinajstić information content (AvgIpc) is 3.02. The van der Waals surface area contributed by atoms with Gasteiger partial charge in [-0.05, 0) is 36.5 Å². The molecule has 3 heterocycles. The fourth-order valence-corrected chi connectivity index (χ4v) is 4.82. The number of hydrogen-bond donors (Lipinski definition) is 2. The molecule has 2 aliphatic rings. The highest BCUT2D eigenvalue weighted by atomic mass is 32.2. The van der Waals surface area contributed by atoms with Gasteiger partial charge in [0.15, 0.2) is 0 Å². The maximum atomic E-state index is 13.3. The lowest BCUT2D eigenvalue weighted by Crippen LogP contribution is -2.35. The smallest absolute Gasteiger partial charge is 0.256 e. The monoisotopic (exact) mass is 403 g/mol. The van der Waals surface area contributed by atoms with Crippen LogP contribution in [0.4, 0.5) is 11.5 Å². The zero-order valence-electron chi connectivity index (χ0n) is 16.1. The molecule has 3 N–H and O–H groups in total. The van der Waals surface area contributed by atoms with E-state index < -0.39 is 10.0 Å². The van der Waals surface area contributed by atoms with E-state index >= 15 is 0 Å². The minimum Gasteiger partial charge on any atom is -0.385 e. The highest BCUT2D eigenvalue weighted by Gasteiger charge is 2.33. The standard InChI is InChI=1S/C19H25N5O3S/c1-3-12-4-5-16-15(10-12)13(6-8-21-16)19(25)24-18(20)14-7-9-23(28(2,26)27)11-17(14)22-24/h4-5,10,13,21H,3,6-9,11,20H2,1-2H3. The van der Waals surface area contributed by atoms with E-state index in [1.807, 2.05) is 6.07 Å². The number of carbonyl (C=O) groups is 1. The van der Waals surface area contributed by atoms with Gasteiger partial charge in [-0.15, -0.1) is 0 Å². The molecular weight excluding hydrogens is 378 g/mol. The molecule has 0 amide bonds. The number of carbonyl (C=O) groups excluding carboxylic acids is 1. The molecule has 1 aromatic heterocycles. The van der Waals surface area contributed by atoms with Gasteiger partial charge in [0.25, 0.3) is 5.91 Å². The van der Waals surface area contributed by atoms with Crippen LogP contribution in [0.5, 0.6) is 0 Å². The third kappa shape index (κ3) is 3.18. The predicted octanol–water partition coefficient (Wildman–Crippen LogP) is 1.58. The van der Waals surface area contributed by atoms with Crippen LogP contribution >= 0.6 is 0 Å². The zero-order chi connectivity index (χ0) is 20.1. The largest absolute Gasteiger partial charge is 0.385 e. The van der Waals surface area contributed by atoms with Gasteiger partial charge in [0.2, 0.25) is 10.0 Å². The number of aromatic nitrogens is 2. The molecule has 1 atom stereocenters. The second-order valence-corrected chi connectivity index (χ2v) is 9.43. The van der Waals surface area contributed by atoms with Gasteiger partial charge in [-0.3, -0.25) is 4.79 Å². The Balaban J connectivity index is 1.69. The van der Waals surface area contributed by atoms with Crippen LogP contribution in [0.15, 0.2) is 18.2 Å². The van der Waals surface area contributed by atoms with E-state index in [1.165, 1.54) is 20.8 Å². The molecule has 0 saturated heterocycles. The number of fused-ring (bicyclic) bond motifs is 2. The van der Waals surface area contributed by atoms with E-state index in [2.05, 4.69) is 29.5 Å². The van der Waals surface area contributed by atoms with Crippen molar-refractivity contribution in [3.05, 3.63) is 40.6 Å². The van der Waals surface area contributed by atoms with Crippen molar-refractivity contribution in [2.45, 2.75) is 38.6 Å². The zero-order valence-corrected chi connectivity index (χ0v) is 16.9. The average molecular weight is 404 g/mol. The molecule has 150 valence electrons. The predicted molar refractivity (Wildman–Crippen MR) is 108 cm³/mol. The molecule has 0 radical (unpaired) electrons. The minimum atomic E-state index is -3.31. The third-order valence-electron chi connectivity index (χ3n) is 5.67. The van der Waals surface area contributed by atoms with Crippen LogP contribution < -0.4 is 11.1 Å². The van der Waals surface area contributed by atoms with E-state index in [9.17, 15) is 13.2 Å². The Morgan fingerprint density at radius 3 is 2.89 bits per heavy atom. The quantitative estimate of drug-likeness (QED) is 0.805. The molecule has 0 spiro atoms. The van der Waals surface area contributed by atoms with Crippen LogP contribution in [-0.4, -0.2) is 47.8 Å². The molecule has 0 fully saturated rings. The normalized spacial score (nSPS) is 19.6. The number of rotatable bonds is 3. The first-order valence-corrected chi connectivity index (χ1v) is 11.4. The molecule has 8 nitrogen and oxygen atoms in total. The SMILES string of the molecule is CCc1ccc2c(c1)C(C(=O)n1nc3c(c1N)CCN(S(C)(=O)=O)C3)CCN2. The van der Waals surface area contributed by atoms with E-state index in [4.69, 9.17) is 5.73 Å². The third-order valence-corrected chi connectivity index (χ3v) is 6.92. The Bertz CT molecular complexity index is 1040. The molecule has 0 bridgehead atoms. The molecule has 28 heavy (non-hydrogen) atoms. The van der Waals surface area contributed by atoms with Crippen LogP contribution in [0.25, 0.3) is 0 Å². The first-order chi connectivity index (χ1) is 13.3. The van der Waals surface area contributed by atoms with Crippen molar-refractivity contribution in [1.29, 1.82) is 0 Å². The Morgan fingerprint density at radius 2 is 2.18 bits per heavy atom. The number of nitrogens with zero attached hydrogens (tertiary/aromatic N) is 3. The number of benzene rings is 1. The summed E-state index contributed by atoms with van der Waals surface area (Å²) in [6, 6.07) is 6.17. The molecule has 2 aromatic rings. The summed E-state index contributed by atoms with van der Waals surface area (Å²) in [4.78, 5) is 13.3. The summed E-state index contributed by atoms with van der Waals surface area (Å²) in [7, 11) is -3.31. The van der Waals surface area contributed by atoms with Gasteiger partial charge in [-0.25, -0.2) is 8.42 Å². The number of sulfonamides is 1. The van der Waals surface area contributed by atoms with Crippen molar-refractivity contribution in [2.24, 2.45) is 0 Å². The number of aryl methyl sites for hydroxylation is 1. The maximum absolute atomic E-state index is 13.3. The molecule has 0 aliphatic carbocycles. The highest BCUT2D eigenvalue weighted by Crippen LogP contribution is 2.35. The minimum absolute atomic E-state index is 0.154. The summed E-state index contributed by atoms with van der Waals surface area (Å²) in [5.41, 5.74) is 10.7. The topological polar surface area (TPSA) is 110 Å². The Kier molecular flexibility index (Phi) is 4.67. The summed E-state index contributed by atoms with van der Waals surface area (Å²) >= 11 is 0. The lowest BCUT2D eigenvalue weighted by Gasteiger charge is -2.26. The lowest BCUT2D eigenvalue weighted by atomic mass is 9.88. The van der Waals surface area contributed by atoms with Crippen LogP contribution in [0.2, 0.25) is 0 Å². The van der Waals surface area contributed by atoms with Crippen LogP contribution in [-0.2, 0) is 29.4 Å². The summed E-state index contributed by atoms with van der Waals surface area (Å²) in [6.07, 6.45) is 3.21. The van der Waals surface area contributed by atoms with Crippen molar-refractivity contribution in [2.75, 3.05) is 30.4 Å². The van der Waals surface area contributed by atoms with Crippen LogP contribution in [0, 0.1) is 0 Å². The van der Waals surface area contributed by atoms with Crippen molar-refractivity contribution in [3.63, 3.8) is 0 Å². The van der Waals surface area contributed by atoms with E-state index in [0.717, 1.165) is 23.2 Å². The Labute approximate surface area is 164 Å². The molecule has 0 saturated carbocycles. The second kappa shape index (κ2) is 6.89. The first-order valence-electron chi connectivity index (χ1n) is 9.52. The van der Waals surface area contributed by atoms with Crippen molar-refractivity contribution >= 4 is 27.4 Å². The molecule has 2 aliphatic heterocycles. The molecule has 4 rings (SSSR count). The molecular formula is C19H25N5O3S. The van der Waals surface area contributed by atoms with E-state index in [1.54, 1.807) is 0 Å². The van der Waals surface area contributed by atoms with E-state index in [-0.39, 0.29) is 18.4 Å². The van der Waals surface area contributed by atoms with Gasteiger partial charge in [0, 0.05) is 24.3 Å².